The van der Waals surface area contributed by atoms with Gasteiger partial charge in [-0.25, -0.2) is 0 Å². The highest BCUT2D eigenvalue weighted by atomic mass is 16.5. The highest BCUT2D eigenvalue weighted by molar-refractivity contribution is 5.75. The Hall–Kier alpha value is -4.09. The maximum atomic E-state index is 12.2. The number of ether oxygens (including phenoxy) is 2. The van der Waals surface area contributed by atoms with E-state index < -0.39 is 12.0 Å². The van der Waals surface area contributed by atoms with E-state index in [9.17, 15) is 9.90 Å². The summed E-state index contributed by atoms with van der Waals surface area (Å²) in [6.07, 6.45) is -0.0618. The number of carboxylic acids is 1. The number of carbonyl (C=O) groups is 1. The molecule has 0 amide bonds. The fourth-order valence-corrected chi connectivity index (χ4v) is 4.84. The van der Waals surface area contributed by atoms with E-state index in [2.05, 4.69) is 36.1 Å². The normalized spacial score (nSPS) is 12.6. The Morgan fingerprint density at radius 2 is 1.41 bits per heavy atom. The molecule has 4 aromatic rings. The Bertz CT molecular complexity index is 1290. The number of hydrogen-bond donors (Lipinski definition) is 1. The zero-order chi connectivity index (χ0) is 26.2. The van der Waals surface area contributed by atoms with Crippen molar-refractivity contribution in [3.8, 4) is 22.6 Å². The van der Waals surface area contributed by atoms with Gasteiger partial charge in [0, 0.05) is 24.2 Å². The van der Waals surface area contributed by atoms with Crippen molar-refractivity contribution < 1.29 is 19.4 Å². The molecule has 0 bridgehead atoms. The van der Waals surface area contributed by atoms with Gasteiger partial charge in [-0.1, -0.05) is 91.0 Å². The summed E-state index contributed by atoms with van der Waals surface area (Å²) < 4.78 is 11.5. The Labute approximate surface area is 218 Å². The highest BCUT2D eigenvalue weighted by Crippen LogP contribution is 2.43. The van der Waals surface area contributed by atoms with Gasteiger partial charge in [0.2, 0.25) is 0 Å². The van der Waals surface area contributed by atoms with Gasteiger partial charge >= 0.3 is 5.97 Å². The van der Waals surface area contributed by atoms with Crippen molar-refractivity contribution in [2.45, 2.75) is 32.0 Å². The zero-order valence-corrected chi connectivity index (χ0v) is 21.5. The van der Waals surface area contributed by atoms with Crippen molar-refractivity contribution >= 4 is 5.97 Å². The molecule has 5 nitrogen and oxygen atoms in total. The van der Waals surface area contributed by atoms with Crippen LogP contribution < -0.4 is 9.47 Å². The van der Waals surface area contributed by atoms with Crippen molar-refractivity contribution in [2.24, 2.45) is 0 Å². The minimum absolute atomic E-state index is 0.0426. The summed E-state index contributed by atoms with van der Waals surface area (Å²) in [5.74, 6) is 0.331. The molecule has 4 aromatic carbocycles. The molecule has 37 heavy (non-hydrogen) atoms. The van der Waals surface area contributed by atoms with Crippen LogP contribution in [0, 0.1) is 0 Å². The fourth-order valence-electron chi connectivity index (χ4n) is 4.84. The Morgan fingerprint density at radius 3 is 1.97 bits per heavy atom. The van der Waals surface area contributed by atoms with Crippen LogP contribution in [0.5, 0.6) is 11.5 Å². The van der Waals surface area contributed by atoms with Gasteiger partial charge in [-0.3, -0.25) is 9.69 Å². The minimum Gasteiger partial charge on any atom is -0.493 e. The Morgan fingerprint density at radius 1 is 0.811 bits per heavy atom. The van der Waals surface area contributed by atoms with E-state index in [-0.39, 0.29) is 12.5 Å². The first-order chi connectivity index (χ1) is 18.0. The molecule has 1 N–H and O–H groups in total. The van der Waals surface area contributed by atoms with E-state index in [0.29, 0.717) is 18.0 Å². The summed E-state index contributed by atoms with van der Waals surface area (Å²) in [6.45, 7) is 2.72. The highest BCUT2D eigenvalue weighted by Gasteiger charge is 2.30. The number of benzene rings is 4. The molecule has 0 spiro atoms. The lowest BCUT2D eigenvalue weighted by Gasteiger charge is -2.37. The van der Waals surface area contributed by atoms with Crippen LogP contribution >= 0.6 is 0 Å². The molecule has 0 fully saturated rings. The Balaban J connectivity index is 1.89. The van der Waals surface area contributed by atoms with E-state index in [1.165, 1.54) is 0 Å². The molecule has 0 unspecified atom stereocenters. The standard InChI is InChI=1S/C32H33NO4/c1-23(25-15-9-5-10-16-25)33(22-24-13-7-4-8-14-24)29(21-31(34)35)27-19-28(26-17-11-6-12-18-26)32(37-3)30(20-27)36-2/h4-20,23,29H,21-22H2,1-3H3,(H,34,35)/t23-,29+/m1/s1. The number of aliphatic carboxylic acids is 1. The summed E-state index contributed by atoms with van der Waals surface area (Å²) in [5.41, 5.74) is 4.93. The van der Waals surface area contributed by atoms with Crippen molar-refractivity contribution in [3.63, 3.8) is 0 Å². The molecule has 0 aliphatic rings. The molecule has 5 heteroatoms. The molecular formula is C32H33NO4. The third-order valence-electron chi connectivity index (χ3n) is 6.73. The molecule has 0 heterocycles. The summed E-state index contributed by atoms with van der Waals surface area (Å²) in [7, 11) is 3.23. The van der Waals surface area contributed by atoms with Gasteiger partial charge in [0.25, 0.3) is 0 Å². The number of carboxylic acid groups (broad SMARTS) is 1. The lowest BCUT2D eigenvalue weighted by molar-refractivity contribution is -0.138. The van der Waals surface area contributed by atoms with Crippen LogP contribution in [0.25, 0.3) is 11.1 Å². The van der Waals surface area contributed by atoms with Gasteiger partial charge < -0.3 is 14.6 Å². The molecular weight excluding hydrogens is 462 g/mol. The SMILES string of the molecule is COc1cc([C@H](CC(=O)O)N(Cc2ccccc2)[C@H](C)c2ccccc2)cc(-c2ccccc2)c1OC. The van der Waals surface area contributed by atoms with Gasteiger partial charge in [-0.2, -0.15) is 0 Å². The number of methoxy groups -OCH3 is 2. The molecule has 0 saturated heterocycles. The maximum absolute atomic E-state index is 12.2. The van der Waals surface area contributed by atoms with E-state index in [0.717, 1.165) is 27.8 Å². The first-order valence-electron chi connectivity index (χ1n) is 12.4. The van der Waals surface area contributed by atoms with Crippen LogP contribution in [0.1, 0.15) is 42.1 Å². The second-order valence-corrected chi connectivity index (χ2v) is 9.03. The molecule has 0 aliphatic heterocycles. The second kappa shape index (κ2) is 12.2. The van der Waals surface area contributed by atoms with Crippen molar-refractivity contribution in [2.75, 3.05) is 14.2 Å². The largest absolute Gasteiger partial charge is 0.493 e. The van der Waals surface area contributed by atoms with Crippen molar-refractivity contribution in [1.29, 1.82) is 0 Å². The van der Waals surface area contributed by atoms with E-state index >= 15 is 0 Å². The van der Waals surface area contributed by atoms with Crippen LogP contribution in [0.4, 0.5) is 0 Å². The van der Waals surface area contributed by atoms with E-state index in [4.69, 9.17) is 9.47 Å². The maximum Gasteiger partial charge on any atom is 0.305 e. The summed E-state index contributed by atoms with van der Waals surface area (Å²) in [6, 6.07) is 33.8. The molecule has 4 rings (SSSR count). The third-order valence-corrected chi connectivity index (χ3v) is 6.73. The van der Waals surface area contributed by atoms with Gasteiger partial charge in [0.15, 0.2) is 11.5 Å². The molecule has 190 valence electrons. The third kappa shape index (κ3) is 6.19. The summed E-state index contributed by atoms with van der Waals surface area (Å²) in [5, 5.41) is 10.0. The van der Waals surface area contributed by atoms with Gasteiger partial charge in [0.05, 0.1) is 20.6 Å². The van der Waals surface area contributed by atoms with Crippen LogP contribution in [0.2, 0.25) is 0 Å². The predicted octanol–water partition coefficient (Wildman–Crippen LogP) is 7.15. The first kappa shape index (κ1) is 26.0. The average Bonchev–Trinajstić information content (AvgIpc) is 2.95. The lowest BCUT2D eigenvalue weighted by atomic mass is 9.93. The number of rotatable bonds is 11. The Kier molecular flexibility index (Phi) is 8.60. The van der Waals surface area contributed by atoms with Crippen LogP contribution in [0.15, 0.2) is 103 Å². The lowest BCUT2D eigenvalue weighted by Crippen LogP contribution is -2.33. The topological polar surface area (TPSA) is 59.0 Å². The second-order valence-electron chi connectivity index (χ2n) is 9.03. The summed E-state index contributed by atoms with van der Waals surface area (Å²) in [4.78, 5) is 14.5. The molecule has 0 saturated carbocycles. The summed E-state index contributed by atoms with van der Waals surface area (Å²) >= 11 is 0. The first-order valence-corrected chi connectivity index (χ1v) is 12.4. The molecule has 2 atom stereocenters. The van der Waals surface area contributed by atoms with Gasteiger partial charge in [-0.15, -0.1) is 0 Å². The fraction of sp³-hybridized carbons (Fsp3) is 0.219. The van der Waals surface area contributed by atoms with E-state index in [1.807, 2.05) is 78.9 Å². The quantitative estimate of drug-likeness (QED) is 0.239. The average molecular weight is 496 g/mol. The van der Waals surface area contributed by atoms with Crippen molar-refractivity contribution in [3.05, 3.63) is 120 Å². The van der Waals surface area contributed by atoms with Crippen LogP contribution in [-0.4, -0.2) is 30.2 Å². The molecule has 0 aliphatic carbocycles. The van der Waals surface area contributed by atoms with Gasteiger partial charge in [-0.05, 0) is 41.3 Å². The van der Waals surface area contributed by atoms with Gasteiger partial charge in [0.1, 0.15) is 0 Å². The molecule has 0 radical (unpaired) electrons. The van der Waals surface area contributed by atoms with Crippen molar-refractivity contribution in [1.82, 2.24) is 4.90 Å². The van der Waals surface area contributed by atoms with Crippen LogP contribution in [0.3, 0.4) is 0 Å². The van der Waals surface area contributed by atoms with Crippen LogP contribution in [-0.2, 0) is 11.3 Å². The van der Waals surface area contributed by atoms with E-state index in [1.54, 1.807) is 14.2 Å². The minimum atomic E-state index is -0.862. The number of nitrogens with zero attached hydrogens (tertiary/aromatic N) is 1. The number of hydrogen-bond acceptors (Lipinski definition) is 4. The monoisotopic (exact) mass is 495 g/mol. The zero-order valence-electron chi connectivity index (χ0n) is 21.5. The smallest absolute Gasteiger partial charge is 0.305 e. The molecule has 0 aromatic heterocycles. The predicted molar refractivity (Wildman–Crippen MR) is 147 cm³/mol.